The summed E-state index contributed by atoms with van der Waals surface area (Å²) in [4.78, 5) is 26.6. The second-order valence-corrected chi connectivity index (χ2v) is 12.8. The highest BCUT2D eigenvalue weighted by molar-refractivity contribution is 7.89. The van der Waals surface area contributed by atoms with Gasteiger partial charge < -0.3 is 15.0 Å². The van der Waals surface area contributed by atoms with Crippen molar-refractivity contribution in [1.82, 2.24) is 23.8 Å². The summed E-state index contributed by atoms with van der Waals surface area (Å²) in [6, 6.07) is 9.45. The standard InChI is InChI=1S/C28H30F2N6O4S/c1-28(2,3)40-27(37)35-11-7-10-20(15-35)33-25-23(30)14-31-24(34-25)22-16-36(26-21(22)12-19(29)13-32-26)41(38,39)17-18-8-5-4-6-9-18/h4-6,8-9,12-14,16,20H,7,10-11,15,17H2,1-3H3,(H,31,33,34). The number of nitrogens with zero attached hydrogens (tertiary/aromatic N) is 5. The lowest BCUT2D eigenvalue weighted by atomic mass is 10.1. The van der Waals surface area contributed by atoms with Gasteiger partial charge in [0.25, 0.3) is 0 Å². The van der Waals surface area contributed by atoms with Gasteiger partial charge in [-0.1, -0.05) is 30.3 Å². The molecule has 10 nitrogen and oxygen atoms in total. The first kappa shape index (κ1) is 28.4. The van der Waals surface area contributed by atoms with E-state index in [1.54, 1.807) is 56.0 Å². The van der Waals surface area contributed by atoms with Crippen molar-refractivity contribution in [2.75, 3.05) is 18.4 Å². The van der Waals surface area contributed by atoms with Crippen molar-refractivity contribution in [2.24, 2.45) is 0 Å². The van der Waals surface area contributed by atoms with Crippen LogP contribution in [-0.4, -0.2) is 63.1 Å². The Morgan fingerprint density at radius 3 is 2.63 bits per heavy atom. The molecule has 0 spiro atoms. The Morgan fingerprint density at radius 1 is 1.15 bits per heavy atom. The number of aromatic nitrogens is 4. The number of carbonyl (C=O) groups excluding carboxylic acids is 1. The van der Waals surface area contributed by atoms with Crippen molar-refractivity contribution in [3.05, 3.63) is 72.2 Å². The first-order valence-electron chi connectivity index (χ1n) is 13.1. The summed E-state index contributed by atoms with van der Waals surface area (Å²) in [5.74, 6) is -1.86. The molecule has 1 atom stereocenters. The van der Waals surface area contributed by atoms with Gasteiger partial charge in [0.15, 0.2) is 23.1 Å². The summed E-state index contributed by atoms with van der Waals surface area (Å²) in [5, 5.41) is 3.21. The predicted octanol–water partition coefficient (Wildman–Crippen LogP) is 4.96. The number of likely N-dealkylation sites (tertiary alicyclic amines) is 1. The van der Waals surface area contributed by atoms with Gasteiger partial charge in [0.1, 0.15) is 11.4 Å². The van der Waals surface area contributed by atoms with Crippen LogP contribution in [0.15, 0.2) is 55.0 Å². The normalized spacial score (nSPS) is 16.1. The van der Waals surface area contributed by atoms with Crippen LogP contribution in [0.1, 0.15) is 39.2 Å². The summed E-state index contributed by atoms with van der Waals surface area (Å²) in [6.45, 7) is 6.15. The van der Waals surface area contributed by atoms with Gasteiger partial charge in [-0.2, -0.15) is 0 Å². The van der Waals surface area contributed by atoms with E-state index in [-0.39, 0.29) is 46.6 Å². The largest absolute Gasteiger partial charge is 0.444 e. The molecular formula is C28H30F2N6O4S. The first-order valence-corrected chi connectivity index (χ1v) is 14.7. The number of halogens is 2. The van der Waals surface area contributed by atoms with Gasteiger partial charge in [0.05, 0.1) is 18.1 Å². The fourth-order valence-corrected chi connectivity index (χ4v) is 6.10. The molecular weight excluding hydrogens is 554 g/mol. The Bertz CT molecular complexity index is 1690. The summed E-state index contributed by atoms with van der Waals surface area (Å²) in [6.07, 6.45) is 4.05. The lowest BCUT2D eigenvalue weighted by molar-refractivity contribution is 0.0206. The van der Waals surface area contributed by atoms with Gasteiger partial charge in [-0.05, 0) is 45.2 Å². The van der Waals surface area contributed by atoms with Gasteiger partial charge >= 0.3 is 6.09 Å². The molecule has 5 rings (SSSR count). The fourth-order valence-electron chi connectivity index (χ4n) is 4.68. The van der Waals surface area contributed by atoms with Crippen molar-refractivity contribution in [2.45, 2.75) is 51.0 Å². The molecule has 1 aliphatic rings. The Balaban J connectivity index is 1.46. The summed E-state index contributed by atoms with van der Waals surface area (Å²) in [7, 11) is -3.97. The van der Waals surface area contributed by atoms with E-state index in [0.29, 0.717) is 24.9 Å². The molecule has 0 bridgehead atoms. The number of anilines is 1. The molecule has 4 aromatic rings. The van der Waals surface area contributed by atoms with Crippen LogP contribution in [-0.2, 0) is 20.5 Å². The summed E-state index contributed by atoms with van der Waals surface area (Å²) in [5.41, 5.74) is 0.0916. The van der Waals surface area contributed by atoms with Crippen LogP contribution in [0.4, 0.5) is 19.4 Å². The number of amides is 1. The maximum absolute atomic E-state index is 14.9. The lowest BCUT2D eigenvalue weighted by Crippen LogP contribution is -2.47. The van der Waals surface area contributed by atoms with Crippen molar-refractivity contribution in [3.63, 3.8) is 0 Å². The minimum Gasteiger partial charge on any atom is -0.444 e. The third-order valence-corrected chi connectivity index (χ3v) is 8.04. The van der Waals surface area contributed by atoms with Crippen LogP contribution in [0.25, 0.3) is 22.4 Å². The number of pyridine rings is 1. The van der Waals surface area contributed by atoms with Crippen molar-refractivity contribution >= 4 is 33.0 Å². The molecule has 3 aromatic heterocycles. The third-order valence-electron chi connectivity index (χ3n) is 6.47. The minimum atomic E-state index is -3.97. The molecule has 1 aromatic carbocycles. The molecule has 216 valence electrons. The zero-order valence-corrected chi connectivity index (χ0v) is 23.7. The maximum atomic E-state index is 14.9. The number of piperidine rings is 1. The van der Waals surface area contributed by atoms with Gasteiger partial charge in [-0.15, -0.1) is 0 Å². The number of nitrogens with one attached hydrogen (secondary N) is 1. The Hall–Kier alpha value is -4.13. The van der Waals surface area contributed by atoms with Crippen LogP contribution < -0.4 is 5.32 Å². The fraction of sp³-hybridized carbons (Fsp3) is 0.357. The quantitative estimate of drug-likeness (QED) is 0.338. The average Bonchev–Trinajstić information content (AvgIpc) is 3.29. The number of benzene rings is 1. The highest BCUT2D eigenvalue weighted by atomic mass is 32.2. The van der Waals surface area contributed by atoms with E-state index in [0.717, 1.165) is 22.4 Å². The first-order chi connectivity index (χ1) is 19.4. The molecule has 0 aliphatic carbocycles. The highest BCUT2D eigenvalue weighted by Crippen LogP contribution is 2.31. The van der Waals surface area contributed by atoms with Crippen LogP contribution in [0.2, 0.25) is 0 Å². The van der Waals surface area contributed by atoms with Crippen molar-refractivity contribution < 1.29 is 26.7 Å². The second kappa shape index (κ2) is 11.0. The smallest absolute Gasteiger partial charge is 0.410 e. The Labute approximate surface area is 236 Å². The number of ether oxygens (including phenoxy) is 1. The monoisotopic (exact) mass is 584 g/mol. The number of rotatable bonds is 6. The Kier molecular flexibility index (Phi) is 7.64. The number of hydrogen-bond acceptors (Lipinski definition) is 8. The molecule has 0 saturated carbocycles. The van der Waals surface area contributed by atoms with E-state index < -0.39 is 33.4 Å². The van der Waals surface area contributed by atoms with E-state index in [4.69, 9.17) is 4.74 Å². The van der Waals surface area contributed by atoms with Gasteiger partial charge in [0, 0.05) is 36.3 Å². The summed E-state index contributed by atoms with van der Waals surface area (Å²) >= 11 is 0. The van der Waals surface area contributed by atoms with E-state index in [9.17, 15) is 22.0 Å². The summed E-state index contributed by atoms with van der Waals surface area (Å²) < 4.78 is 62.3. The molecule has 1 amide bonds. The second-order valence-electron chi connectivity index (χ2n) is 10.9. The topological polar surface area (TPSA) is 119 Å². The molecule has 1 saturated heterocycles. The molecule has 1 aliphatic heterocycles. The number of carbonyl (C=O) groups is 1. The SMILES string of the molecule is CC(C)(C)OC(=O)N1CCCC(Nc2nc(-c3cn(S(=O)(=O)Cc4ccccc4)c4ncc(F)cc34)ncc2F)C1. The molecule has 1 fully saturated rings. The molecule has 1 unspecified atom stereocenters. The van der Waals surface area contributed by atoms with Crippen LogP contribution in [0.3, 0.4) is 0 Å². The predicted molar refractivity (Wildman–Crippen MR) is 150 cm³/mol. The Morgan fingerprint density at radius 2 is 1.90 bits per heavy atom. The minimum absolute atomic E-state index is 0.0000448. The average molecular weight is 585 g/mol. The van der Waals surface area contributed by atoms with E-state index in [1.807, 2.05) is 0 Å². The number of hydrogen-bond donors (Lipinski definition) is 1. The maximum Gasteiger partial charge on any atom is 0.410 e. The molecule has 0 radical (unpaired) electrons. The third kappa shape index (κ3) is 6.45. The van der Waals surface area contributed by atoms with Crippen LogP contribution >= 0.6 is 0 Å². The molecule has 41 heavy (non-hydrogen) atoms. The molecule has 1 N–H and O–H groups in total. The van der Waals surface area contributed by atoms with Crippen molar-refractivity contribution in [1.29, 1.82) is 0 Å². The number of fused-ring (bicyclic) bond motifs is 1. The van der Waals surface area contributed by atoms with E-state index >= 15 is 0 Å². The van der Waals surface area contributed by atoms with Gasteiger partial charge in [0.2, 0.25) is 10.0 Å². The van der Waals surface area contributed by atoms with Crippen LogP contribution in [0, 0.1) is 11.6 Å². The van der Waals surface area contributed by atoms with E-state index in [1.165, 1.54) is 6.20 Å². The lowest BCUT2D eigenvalue weighted by Gasteiger charge is -2.34. The zero-order valence-electron chi connectivity index (χ0n) is 22.8. The van der Waals surface area contributed by atoms with Gasteiger partial charge in [-0.25, -0.2) is 40.9 Å². The molecule has 13 heteroatoms. The zero-order chi connectivity index (χ0) is 29.4. The van der Waals surface area contributed by atoms with Crippen LogP contribution in [0.5, 0.6) is 0 Å². The van der Waals surface area contributed by atoms with Gasteiger partial charge in [-0.3, -0.25) is 0 Å². The highest BCUT2D eigenvalue weighted by Gasteiger charge is 2.29. The van der Waals surface area contributed by atoms with E-state index in [2.05, 4.69) is 20.3 Å². The van der Waals surface area contributed by atoms with Crippen molar-refractivity contribution in [3.8, 4) is 11.4 Å². The molecule has 4 heterocycles.